The highest BCUT2D eigenvalue weighted by molar-refractivity contribution is 5.47. The molecule has 0 bridgehead atoms. The molecule has 0 aliphatic carbocycles. The van der Waals surface area contributed by atoms with Gasteiger partial charge in [0, 0.05) is 18.2 Å². The van der Waals surface area contributed by atoms with Gasteiger partial charge < -0.3 is 14.2 Å². The van der Waals surface area contributed by atoms with E-state index in [2.05, 4.69) is 47.6 Å². The fourth-order valence-corrected chi connectivity index (χ4v) is 2.06. The molecule has 0 saturated carbocycles. The van der Waals surface area contributed by atoms with Gasteiger partial charge in [0.2, 0.25) is 0 Å². The first-order chi connectivity index (χ1) is 9.68. The number of methoxy groups -OCH3 is 1. The molecule has 0 aliphatic rings. The van der Waals surface area contributed by atoms with Gasteiger partial charge in [-0.3, -0.25) is 0 Å². The molecule has 0 atom stereocenters. The summed E-state index contributed by atoms with van der Waals surface area (Å²) in [6.07, 6.45) is 0. The first kappa shape index (κ1) is 18.0. The molecule has 0 saturated heterocycles. The third kappa shape index (κ3) is 5.33. The summed E-state index contributed by atoms with van der Waals surface area (Å²) < 4.78 is 16.4. The van der Waals surface area contributed by atoms with E-state index < -0.39 is 0 Å². The van der Waals surface area contributed by atoms with Crippen molar-refractivity contribution < 1.29 is 14.2 Å². The first-order valence-corrected chi connectivity index (χ1v) is 7.42. The van der Waals surface area contributed by atoms with E-state index in [0.717, 1.165) is 16.9 Å². The Morgan fingerprint density at radius 1 is 0.905 bits per heavy atom. The van der Waals surface area contributed by atoms with Crippen molar-refractivity contribution in [3.05, 3.63) is 29.3 Å². The Hall–Kier alpha value is -1.06. The van der Waals surface area contributed by atoms with Crippen LogP contribution in [0.3, 0.4) is 0 Å². The summed E-state index contributed by atoms with van der Waals surface area (Å²) in [7, 11) is 1.66. The van der Waals surface area contributed by atoms with E-state index in [4.69, 9.17) is 14.2 Å². The lowest BCUT2D eigenvalue weighted by molar-refractivity contribution is -0.00992. The molecule has 1 rings (SSSR count). The average Bonchev–Trinajstić information content (AvgIpc) is 2.36. The maximum Gasteiger partial charge on any atom is 0.189 e. The standard InChI is InChI=1S/C18H29O3/c1-17(2,3)14-9-8-10-15(18(4,5)6)16(14)21-13-20-12-11-19-7/h9-10H,11-13H2,1-7H3. The van der Waals surface area contributed by atoms with E-state index in [1.54, 1.807) is 7.11 Å². The number of hydrogen-bond acceptors (Lipinski definition) is 3. The Balaban J connectivity index is 3.01. The largest absolute Gasteiger partial charge is 0.467 e. The molecule has 0 fully saturated rings. The lowest BCUT2D eigenvalue weighted by atomic mass is 9.79. The van der Waals surface area contributed by atoms with Crippen LogP contribution in [0, 0.1) is 6.07 Å². The van der Waals surface area contributed by atoms with Crippen LogP contribution < -0.4 is 4.74 Å². The van der Waals surface area contributed by atoms with Gasteiger partial charge in [-0.25, -0.2) is 0 Å². The van der Waals surface area contributed by atoms with Gasteiger partial charge in [0.15, 0.2) is 6.79 Å². The van der Waals surface area contributed by atoms with Crippen LogP contribution in [0.15, 0.2) is 12.1 Å². The van der Waals surface area contributed by atoms with Crippen LogP contribution in [0.2, 0.25) is 0 Å². The van der Waals surface area contributed by atoms with Crippen molar-refractivity contribution in [3.8, 4) is 5.75 Å². The molecule has 0 spiro atoms. The Morgan fingerprint density at radius 2 is 1.43 bits per heavy atom. The summed E-state index contributed by atoms with van der Waals surface area (Å²) in [6, 6.07) is 7.28. The second-order valence-corrected chi connectivity index (χ2v) is 7.28. The maximum absolute atomic E-state index is 5.97. The molecule has 1 aromatic carbocycles. The highest BCUT2D eigenvalue weighted by Crippen LogP contribution is 2.39. The van der Waals surface area contributed by atoms with Crippen molar-refractivity contribution in [2.45, 2.75) is 52.4 Å². The second-order valence-electron chi connectivity index (χ2n) is 7.28. The highest BCUT2D eigenvalue weighted by Gasteiger charge is 2.26. The number of benzene rings is 1. The van der Waals surface area contributed by atoms with Crippen molar-refractivity contribution >= 4 is 0 Å². The predicted octanol–water partition coefficient (Wildman–Crippen LogP) is 4.08. The van der Waals surface area contributed by atoms with Crippen molar-refractivity contribution in [2.75, 3.05) is 27.1 Å². The Morgan fingerprint density at radius 3 is 1.86 bits per heavy atom. The Bertz CT molecular complexity index is 407. The predicted molar refractivity (Wildman–Crippen MR) is 86.0 cm³/mol. The minimum absolute atomic E-state index is 0.000374. The average molecular weight is 293 g/mol. The van der Waals surface area contributed by atoms with E-state index in [1.165, 1.54) is 0 Å². The van der Waals surface area contributed by atoms with Crippen LogP contribution in [0.25, 0.3) is 0 Å². The molecule has 3 heteroatoms. The molecule has 0 unspecified atom stereocenters. The second kappa shape index (κ2) is 7.28. The smallest absolute Gasteiger partial charge is 0.189 e. The van der Waals surface area contributed by atoms with Crippen LogP contribution in [0.1, 0.15) is 52.7 Å². The molecule has 0 N–H and O–H groups in total. The van der Waals surface area contributed by atoms with Crippen molar-refractivity contribution in [1.29, 1.82) is 0 Å². The van der Waals surface area contributed by atoms with E-state index in [-0.39, 0.29) is 17.6 Å². The van der Waals surface area contributed by atoms with Gasteiger partial charge in [-0.1, -0.05) is 41.5 Å². The minimum Gasteiger partial charge on any atom is -0.467 e. The molecule has 0 heterocycles. The maximum atomic E-state index is 5.97. The van der Waals surface area contributed by atoms with E-state index >= 15 is 0 Å². The van der Waals surface area contributed by atoms with E-state index in [1.807, 2.05) is 12.1 Å². The molecule has 0 aliphatic heterocycles. The van der Waals surface area contributed by atoms with Crippen molar-refractivity contribution in [2.24, 2.45) is 0 Å². The van der Waals surface area contributed by atoms with Gasteiger partial charge in [-0.15, -0.1) is 0 Å². The highest BCUT2D eigenvalue weighted by atomic mass is 16.7. The van der Waals surface area contributed by atoms with Gasteiger partial charge in [-0.05, 0) is 29.0 Å². The Labute approximate surface area is 129 Å². The molecular weight excluding hydrogens is 264 g/mol. The van der Waals surface area contributed by atoms with Gasteiger partial charge >= 0.3 is 0 Å². The summed E-state index contributed by atoms with van der Waals surface area (Å²) >= 11 is 0. The SMILES string of the molecule is COCCOCOc1c(C(C)(C)C)c[c]cc1C(C)(C)C. The van der Waals surface area contributed by atoms with Crippen LogP contribution in [0.5, 0.6) is 5.75 Å². The van der Waals surface area contributed by atoms with E-state index in [9.17, 15) is 0 Å². The molecular formula is C18H29O3. The summed E-state index contributed by atoms with van der Waals surface area (Å²) in [5, 5.41) is 0. The minimum atomic E-state index is -0.000374. The zero-order valence-electron chi connectivity index (χ0n) is 14.5. The van der Waals surface area contributed by atoms with Crippen LogP contribution in [-0.4, -0.2) is 27.1 Å². The number of rotatable bonds is 6. The van der Waals surface area contributed by atoms with Gasteiger partial charge in [0.05, 0.1) is 13.2 Å². The summed E-state index contributed by atoms with van der Waals surface area (Å²) in [6.45, 7) is 14.4. The van der Waals surface area contributed by atoms with Gasteiger partial charge in [0.1, 0.15) is 5.75 Å². The fraction of sp³-hybridized carbons (Fsp3) is 0.667. The molecule has 119 valence electrons. The van der Waals surface area contributed by atoms with Crippen LogP contribution in [0.4, 0.5) is 0 Å². The molecule has 3 nitrogen and oxygen atoms in total. The molecule has 21 heavy (non-hydrogen) atoms. The quantitative estimate of drug-likeness (QED) is 0.584. The third-order valence-electron chi connectivity index (χ3n) is 3.28. The lowest BCUT2D eigenvalue weighted by Crippen LogP contribution is -2.20. The zero-order valence-corrected chi connectivity index (χ0v) is 14.5. The fourth-order valence-electron chi connectivity index (χ4n) is 2.06. The summed E-state index contributed by atoms with van der Waals surface area (Å²) in [5.41, 5.74) is 2.31. The van der Waals surface area contributed by atoms with Gasteiger partial charge in [-0.2, -0.15) is 0 Å². The lowest BCUT2D eigenvalue weighted by Gasteiger charge is -2.29. The monoisotopic (exact) mass is 293 g/mol. The molecule has 0 aromatic heterocycles. The zero-order chi connectivity index (χ0) is 16.1. The van der Waals surface area contributed by atoms with Gasteiger partial charge in [0.25, 0.3) is 0 Å². The first-order valence-electron chi connectivity index (χ1n) is 7.42. The third-order valence-corrected chi connectivity index (χ3v) is 3.28. The Kier molecular flexibility index (Phi) is 6.24. The summed E-state index contributed by atoms with van der Waals surface area (Å²) in [4.78, 5) is 0. The van der Waals surface area contributed by atoms with E-state index in [0.29, 0.717) is 13.2 Å². The van der Waals surface area contributed by atoms with Crippen molar-refractivity contribution in [3.63, 3.8) is 0 Å². The number of ether oxygens (including phenoxy) is 3. The molecule has 0 amide bonds. The summed E-state index contributed by atoms with van der Waals surface area (Å²) in [5.74, 6) is 0.922. The topological polar surface area (TPSA) is 27.7 Å². The molecule has 1 aromatic rings. The van der Waals surface area contributed by atoms with Crippen LogP contribution in [-0.2, 0) is 20.3 Å². The normalized spacial score (nSPS) is 12.5. The van der Waals surface area contributed by atoms with Crippen LogP contribution >= 0.6 is 0 Å². The number of hydrogen-bond donors (Lipinski definition) is 0. The molecule has 1 radical (unpaired) electrons. The van der Waals surface area contributed by atoms with Crippen molar-refractivity contribution in [1.82, 2.24) is 0 Å².